The topological polar surface area (TPSA) is 45.9 Å². The molecule has 0 saturated heterocycles. The standard InChI is InChI=1S/C62H40N2O3/c1-37-15-11-17-39(33-37)63(52-26-13-24-47-44-21-5-8-28-55(44)65-60(47)52)41-31-32-46-50(35-41)42-19-3-4-20-43(42)51-36-54(59-49-23-7-10-30-57(49)67-62(59)58(46)51)64(40-18-12-16-38(2)34-40)53-27-14-25-48-45-22-6-9-29-56(45)66-61(48)53/h3-36H,1-2H3. The van der Waals surface area contributed by atoms with Gasteiger partial charge in [0.1, 0.15) is 22.3 Å². The van der Waals surface area contributed by atoms with Crippen molar-refractivity contribution in [1.29, 1.82) is 0 Å². The Balaban J connectivity index is 1.09. The van der Waals surface area contributed by atoms with Crippen LogP contribution < -0.4 is 9.80 Å². The Morgan fingerprint density at radius 3 is 1.34 bits per heavy atom. The number of nitrogens with zero attached hydrogens (tertiary/aromatic N) is 2. The van der Waals surface area contributed by atoms with E-state index in [9.17, 15) is 0 Å². The Hall–Kier alpha value is -8.80. The summed E-state index contributed by atoms with van der Waals surface area (Å²) in [5.74, 6) is 0. The molecule has 0 aliphatic heterocycles. The minimum Gasteiger partial charge on any atom is -0.455 e. The highest BCUT2D eigenvalue weighted by atomic mass is 16.3. The molecule has 316 valence electrons. The van der Waals surface area contributed by atoms with Gasteiger partial charge in [0, 0.05) is 49.4 Å². The van der Waals surface area contributed by atoms with Gasteiger partial charge >= 0.3 is 0 Å². The van der Waals surface area contributed by atoms with Gasteiger partial charge in [0.15, 0.2) is 11.2 Å². The second kappa shape index (κ2) is 14.4. The fourth-order valence-electron chi connectivity index (χ4n) is 10.8. The first-order chi connectivity index (χ1) is 33.1. The number of furan rings is 3. The Morgan fingerprint density at radius 1 is 0.269 bits per heavy atom. The maximum Gasteiger partial charge on any atom is 0.159 e. The summed E-state index contributed by atoms with van der Waals surface area (Å²) >= 11 is 0. The van der Waals surface area contributed by atoms with Crippen LogP contribution in [0.5, 0.6) is 0 Å². The molecule has 14 aromatic rings. The zero-order chi connectivity index (χ0) is 44.3. The van der Waals surface area contributed by atoms with Crippen LogP contribution in [0.3, 0.4) is 0 Å². The highest BCUT2D eigenvalue weighted by Gasteiger charge is 2.27. The molecule has 3 heterocycles. The van der Waals surface area contributed by atoms with Crippen molar-refractivity contribution >= 4 is 132 Å². The van der Waals surface area contributed by atoms with Gasteiger partial charge in [-0.05, 0) is 125 Å². The number of rotatable bonds is 6. The number of anilines is 6. The van der Waals surface area contributed by atoms with Crippen LogP contribution in [-0.2, 0) is 0 Å². The van der Waals surface area contributed by atoms with Crippen molar-refractivity contribution in [3.05, 3.63) is 217 Å². The summed E-state index contributed by atoms with van der Waals surface area (Å²) in [7, 11) is 0. The molecule has 0 N–H and O–H groups in total. The minimum atomic E-state index is 0.832. The Morgan fingerprint density at radius 2 is 0.731 bits per heavy atom. The molecule has 5 heteroatoms. The van der Waals surface area contributed by atoms with Crippen LogP contribution in [0.1, 0.15) is 11.1 Å². The van der Waals surface area contributed by atoms with E-state index in [2.05, 4.69) is 212 Å². The molecule has 0 atom stereocenters. The van der Waals surface area contributed by atoms with E-state index in [0.717, 1.165) is 138 Å². The zero-order valence-corrected chi connectivity index (χ0v) is 36.7. The molecule has 0 unspecified atom stereocenters. The second-order valence-corrected chi connectivity index (χ2v) is 17.7. The summed E-state index contributed by atoms with van der Waals surface area (Å²) in [6.07, 6.45) is 0. The van der Waals surface area contributed by atoms with E-state index in [0.29, 0.717) is 0 Å². The molecule has 5 nitrogen and oxygen atoms in total. The highest BCUT2D eigenvalue weighted by Crippen LogP contribution is 2.52. The normalized spacial score (nSPS) is 12.0. The molecule has 0 aliphatic carbocycles. The monoisotopic (exact) mass is 860 g/mol. The van der Waals surface area contributed by atoms with Crippen LogP contribution in [0.2, 0.25) is 0 Å². The van der Waals surface area contributed by atoms with E-state index in [-0.39, 0.29) is 0 Å². The lowest BCUT2D eigenvalue weighted by atomic mass is 9.91. The van der Waals surface area contributed by atoms with Gasteiger partial charge in [-0.15, -0.1) is 0 Å². The lowest BCUT2D eigenvalue weighted by Crippen LogP contribution is -2.11. The van der Waals surface area contributed by atoms with Gasteiger partial charge < -0.3 is 23.1 Å². The molecule has 0 spiro atoms. The number of aryl methyl sites for hydroxylation is 2. The summed E-state index contributed by atoms with van der Waals surface area (Å²) in [6, 6.07) is 73.5. The Kier molecular flexibility index (Phi) is 8.05. The number of para-hydroxylation sites is 5. The predicted octanol–water partition coefficient (Wildman–Crippen LogP) is 18.4. The van der Waals surface area contributed by atoms with Gasteiger partial charge in [-0.2, -0.15) is 0 Å². The molecule has 0 aliphatic rings. The molecular weight excluding hydrogens is 821 g/mol. The van der Waals surface area contributed by atoms with E-state index >= 15 is 0 Å². The SMILES string of the molecule is Cc1cccc(N(c2ccc3c(c2)c2ccccc2c2cc(N(c4cccc(C)c4)c4cccc5c4oc4ccccc45)c4c5ccccc5oc4c32)c2cccc3c2oc2ccccc23)c1. The van der Waals surface area contributed by atoms with Crippen molar-refractivity contribution < 1.29 is 13.3 Å². The number of hydrogen-bond acceptors (Lipinski definition) is 5. The molecule has 67 heavy (non-hydrogen) atoms. The summed E-state index contributed by atoms with van der Waals surface area (Å²) < 4.78 is 20.7. The van der Waals surface area contributed by atoms with Gasteiger partial charge in [-0.25, -0.2) is 0 Å². The second-order valence-electron chi connectivity index (χ2n) is 17.7. The molecule has 0 saturated carbocycles. The smallest absolute Gasteiger partial charge is 0.159 e. The van der Waals surface area contributed by atoms with Crippen molar-refractivity contribution in [1.82, 2.24) is 0 Å². The van der Waals surface area contributed by atoms with E-state index in [1.807, 2.05) is 18.2 Å². The maximum atomic E-state index is 7.18. The van der Waals surface area contributed by atoms with Crippen LogP contribution in [0, 0.1) is 13.8 Å². The van der Waals surface area contributed by atoms with Crippen LogP contribution in [0.25, 0.3) is 98.1 Å². The Bertz CT molecular complexity index is 4340. The molecule has 0 amide bonds. The Labute approximate surface area is 384 Å². The first-order valence-electron chi connectivity index (χ1n) is 22.8. The minimum absolute atomic E-state index is 0.832. The lowest BCUT2D eigenvalue weighted by Gasteiger charge is -2.28. The molecule has 0 fully saturated rings. The summed E-state index contributed by atoms with van der Waals surface area (Å²) in [6.45, 7) is 4.30. The van der Waals surface area contributed by atoms with Crippen LogP contribution in [0.15, 0.2) is 220 Å². The van der Waals surface area contributed by atoms with Crippen molar-refractivity contribution in [2.45, 2.75) is 13.8 Å². The molecule has 3 aromatic heterocycles. The van der Waals surface area contributed by atoms with Crippen molar-refractivity contribution in [3.8, 4) is 0 Å². The zero-order valence-electron chi connectivity index (χ0n) is 36.7. The summed E-state index contributed by atoms with van der Waals surface area (Å²) in [4.78, 5) is 4.72. The maximum absolute atomic E-state index is 7.18. The van der Waals surface area contributed by atoms with Gasteiger partial charge in [0.2, 0.25) is 0 Å². The predicted molar refractivity (Wildman–Crippen MR) is 280 cm³/mol. The summed E-state index contributed by atoms with van der Waals surface area (Å²) in [5, 5.41) is 13.1. The van der Waals surface area contributed by atoms with Crippen LogP contribution in [0.4, 0.5) is 34.1 Å². The van der Waals surface area contributed by atoms with E-state index < -0.39 is 0 Å². The average molecular weight is 861 g/mol. The van der Waals surface area contributed by atoms with E-state index in [1.54, 1.807) is 0 Å². The lowest BCUT2D eigenvalue weighted by molar-refractivity contribution is 0.668. The van der Waals surface area contributed by atoms with Crippen molar-refractivity contribution in [2.24, 2.45) is 0 Å². The van der Waals surface area contributed by atoms with E-state index in [1.165, 1.54) is 5.56 Å². The average Bonchev–Trinajstić information content (AvgIpc) is 4.07. The largest absolute Gasteiger partial charge is 0.455 e. The highest BCUT2D eigenvalue weighted by molar-refractivity contribution is 6.35. The summed E-state index contributed by atoms with van der Waals surface area (Å²) in [5.41, 5.74) is 13.5. The number of fused-ring (bicyclic) bond motifs is 16. The molecular formula is C62H40N2O3. The third-order valence-electron chi connectivity index (χ3n) is 13.7. The van der Waals surface area contributed by atoms with Crippen LogP contribution >= 0.6 is 0 Å². The first kappa shape index (κ1) is 37.6. The fraction of sp³-hybridized carbons (Fsp3) is 0.0323. The van der Waals surface area contributed by atoms with Gasteiger partial charge in [-0.3, -0.25) is 0 Å². The molecule has 11 aromatic carbocycles. The molecule has 0 bridgehead atoms. The third-order valence-corrected chi connectivity index (χ3v) is 13.7. The van der Waals surface area contributed by atoms with E-state index in [4.69, 9.17) is 13.3 Å². The van der Waals surface area contributed by atoms with Gasteiger partial charge in [0.25, 0.3) is 0 Å². The van der Waals surface area contributed by atoms with Gasteiger partial charge in [-0.1, -0.05) is 133 Å². The van der Waals surface area contributed by atoms with Crippen LogP contribution in [-0.4, -0.2) is 0 Å². The van der Waals surface area contributed by atoms with Gasteiger partial charge in [0.05, 0.1) is 22.4 Å². The quantitative estimate of drug-likeness (QED) is 0.156. The molecule has 0 radical (unpaired) electrons. The number of benzene rings is 11. The van der Waals surface area contributed by atoms with Crippen molar-refractivity contribution in [2.75, 3.05) is 9.80 Å². The number of hydrogen-bond donors (Lipinski definition) is 0. The first-order valence-corrected chi connectivity index (χ1v) is 22.8. The molecule has 14 rings (SSSR count). The van der Waals surface area contributed by atoms with Crippen molar-refractivity contribution in [3.63, 3.8) is 0 Å². The fourth-order valence-corrected chi connectivity index (χ4v) is 10.8. The third kappa shape index (κ3) is 5.61.